The maximum Gasteiger partial charge on any atom is 0.0450 e. The Bertz CT molecular complexity index is 522. The minimum absolute atomic E-state index is 0.321. The van der Waals surface area contributed by atoms with Crippen molar-refractivity contribution in [3.8, 4) is 0 Å². The fourth-order valence-electron chi connectivity index (χ4n) is 1.96. The van der Waals surface area contributed by atoms with Crippen LogP contribution >= 0.6 is 11.6 Å². The van der Waals surface area contributed by atoms with Crippen molar-refractivity contribution in [2.45, 2.75) is 26.4 Å². The van der Waals surface area contributed by atoms with Crippen LogP contribution < -0.4 is 5.32 Å². The Morgan fingerprint density at radius 2 is 1.89 bits per heavy atom. The summed E-state index contributed by atoms with van der Waals surface area (Å²) in [5, 5.41) is 4.32. The number of hydrogen-bond acceptors (Lipinski definition) is 1. The number of rotatable bonds is 4. The fraction of sp³-hybridized carbons (Fsp3) is 0.250. The summed E-state index contributed by atoms with van der Waals surface area (Å²) < 4.78 is 0. The molecule has 0 aromatic heterocycles. The van der Waals surface area contributed by atoms with Gasteiger partial charge in [0, 0.05) is 17.6 Å². The van der Waals surface area contributed by atoms with Gasteiger partial charge >= 0.3 is 0 Å². The van der Waals surface area contributed by atoms with E-state index in [4.69, 9.17) is 11.6 Å². The first-order chi connectivity index (χ1) is 8.66. The lowest BCUT2D eigenvalue weighted by Gasteiger charge is -2.15. The highest BCUT2D eigenvalue weighted by Gasteiger charge is 2.06. The molecule has 1 atom stereocenters. The summed E-state index contributed by atoms with van der Waals surface area (Å²) in [6.07, 6.45) is 0. The lowest BCUT2D eigenvalue weighted by atomic mass is 10.1. The van der Waals surface area contributed by atoms with Gasteiger partial charge < -0.3 is 5.32 Å². The molecule has 1 nitrogen and oxygen atoms in total. The van der Waals surface area contributed by atoms with Crippen molar-refractivity contribution < 1.29 is 0 Å². The number of nitrogens with one attached hydrogen (secondary N) is 1. The molecule has 0 aliphatic rings. The topological polar surface area (TPSA) is 12.0 Å². The molecule has 0 aliphatic carbocycles. The molecule has 2 aromatic rings. The van der Waals surface area contributed by atoms with Gasteiger partial charge in [0.15, 0.2) is 0 Å². The van der Waals surface area contributed by atoms with E-state index in [1.807, 2.05) is 18.2 Å². The van der Waals surface area contributed by atoms with Crippen molar-refractivity contribution in [3.63, 3.8) is 0 Å². The fourth-order valence-corrected chi connectivity index (χ4v) is 2.16. The molecule has 0 spiro atoms. The van der Waals surface area contributed by atoms with Crippen molar-refractivity contribution in [1.29, 1.82) is 0 Å². The molecule has 2 rings (SSSR count). The molecular weight excluding hydrogens is 242 g/mol. The second kappa shape index (κ2) is 6.03. The molecule has 0 bridgehead atoms. The first-order valence-corrected chi connectivity index (χ1v) is 6.58. The molecule has 2 heteroatoms. The highest BCUT2D eigenvalue weighted by molar-refractivity contribution is 6.31. The van der Waals surface area contributed by atoms with E-state index in [0.29, 0.717) is 6.04 Å². The SMILES string of the molecule is Cc1cccc([C@@H](C)NCc2ccccc2Cl)c1. The molecule has 18 heavy (non-hydrogen) atoms. The second-order valence-corrected chi connectivity index (χ2v) is 5.02. The van der Waals surface area contributed by atoms with Gasteiger partial charge in [0.2, 0.25) is 0 Å². The van der Waals surface area contributed by atoms with E-state index >= 15 is 0 Å². The first kappa shape index (κ1) is 13.1. The summed E-state index contributed by atoms with van der Waals surface area (Å²) in [6.45, 7) is 5.07. The molecule has 2 aromatic carbocycles. The molecule has 0 saturated heterocycles. The van der Waals surface area contributed by atoms with Gasteiger partial charge in [-0.1, -0.05) is 59.6 Å². The van der Waals surface area contributed by atoms with E-state index in [0.717, 1.165) is 17.1 Å². The highest BCUT2D eigenvalue weighted by atomic mass is 35.5. The standard InChI is InChI=1S/C16H18ClN/c1-12-6-5-8-14(10-12)13(2)18-11-15-7-3-4-9-16(15)17/h3-10,13,18H,11H2,1-2H3/t13-/m1/s1. The Balaban J connectivity index is 2.00. The summed E-state index contributed by atoms with van der Waals surface area (Å²) in [5.41, 5.74) is 3.74. The molecule has 94 valence electrons. The van der Waals surface area contributed by atoms with Gasteiger partial charge in [-0.15, -0.1) is 0 Å². The lowest BCUT2D eigenvalue weighted by molar-refractivity contribution is 0.574. The van der Waals surface area contributed by atoms with Crippen LogP contribution in [0, 0.1) is 6.92 Å². The van der Waals surface area contributed by atoms with Crippen LogP contribution in [0.15, 0.2) is 48.5 Å². The normalized spacial score (nSPS) is 12.4. The molecule has 0 amide bonds. The van der Waals surface area contributed by atoms with Crippen LogP contribution in [0.25, 0.3) is 0 Å². The molecule has 0 saturated carbocycles. The lowest BCUT2D eigenvalue weighted by Crippen LogP contribution is -2.18. The van der Waals surface area contributed by atoms with Gasteiger partial charge in [-0.05, 0) is 31.0 Å². The van der Waals surface area contributed by atoms with E-state index in [2.05, 4.69) is 49.5 Å². The van der Waals surface area contributed by atoms with Crippen LogP contribution in [0.1, 0.15) is 29.7 Å². The predicted octanol–water partition coefficient (Wildman–Crippen LogP) is 4.50. The van der Waals surface area contributed by atoms with Crippen LogP contribution in [0.2, 0.25) is 5.02 Å². The Labute approximate surface area is 114 Å². The van der Waals surface area contributed by atoms with Crippen molar-refractivity contribution in [2.24, 2.45) is 0 Å². The van der Waals surface area contributed by atoms with Crippen molar-refractivity contribution in [3.05, 3.63) is 70.2 Å². The highest BCUT2D eigenvalue weighted by Crippen LogP contribution is 2.18. The quantitative estimate of drug-likeness (QED) is 0.853. The smallest absolute Gasteiger partial charge is 0.0450 e. The maximum absolute atomic E-state index is 6.14. The molecule has 0 fully saturated rings. The van der Waals surface area contributed by atoms with Gasteiger partial charge in [-0.2, -0.15) is 0 Å². The van der Waals surface area contributed by atoms with Gasteiger partial charge in [-0.3, -0.25) is 0 Å². The van der Waals surface area contributed by atoms with E-state index in [1.165, 1.54) is 11.1 Å². The Hall–Kier alpha value is -1.31. The third-order valence-electron chi connectivity index (χ3n) is 3.10. The number of halogens is 1. The molecule has 0 heterocycles. The van der Waals surface area contributed by atoms with Crippen LogP contribution in [-0.4, -0.2) is 0 Å². The predicted molar refractivity (Wildman–Crippen MR) is 77.9 cm³/mol. The molecule has 0 unspecified atom stereocenters. The summed E-state index contributed by atoms with van der Waals surface area (Å²) in [6, 6.07) is 16.8. The first-order valence-electron chi connectivity index (χ1n) is 6.20. The minimum atomic E-state index is 0.321. The van der Waals surface area contributed by atoms with Crippen LogP contribution in [0.4, 0.5) is 0 Å². The van der Waals surface area contributed by atoms with E-state index in [9.17, 15) is 0 Å². The van der Waals surface area contributed by atoms with Gasteiger partial charge in [0.25, 0.3) is 0 Å². The van der Waals surface area contributed by atoms with Crippen LogP contribution in [0.3, 0.4) is 0 Å². The van der Waals surface area contributed by atoms with Crippen molar-refractivity contribution in [1.82, 2.24) is 5.32 Å². The Morgan fingerprint density at radius 3 is 2.61 bits per heavy atom. The summed E-state index contributed by atoms with van der Waals surface area (Å²) in [7, 11) is 0. The van der Waals surface area contributed by atoms with E-state index in [-0.39, 0.29) is 0 Å². The van der Waals surface area contributed by atoms with E-state index < -0.39 is 0 Å². The number of benzene rings is 2. The van der Waals surface area contributed by atoms with Gasteiger partial charge in [-0.25, -0.2) is 0 Å². The maximum atomic E-state index is 6.14. The average Bonchev–Trinajstić information content (AvgIpc) is 2.37. The van der Waals surface area contributed by atoms with E-state index in [1.54, 1.807) is 0 Å². The number of hydrogen-bond donors (Lipinski definition) is 1. The molecule has 1 N–H and O–H groups in total. The zero-order valence-electron chi connectivity index (χ0n) is 10.8. The minimum Gasteiger partial charge on any atom is -0.306 e. The van der Waals surface area contributed by atoms with Gasteiger partial charge in [0.05, 0.1) is 0 Å². The molecule has 0 radical (unpaired) electrons. The van der Waals surface area contributed by atoms with Crippen molar-refractivity contribution in [2.75, 3.05) is 0 Å². The summed E-state index contributed by atoms with van der Waals surface area (Å²) in [4.78, 5) is 0. The Morgan fingerprint density at radius 1 is 1.11 bits per heavy atom. The van der Waals surface area contributed by atoms with Crippen LogP contribution in [-0.2, 0) is 6.54 Å². The average molecular weight is 260 g/mol. The molecule has 0 aliphatic heterocycles. The summed E-state index contributed by atoms with van der Waals surface area (Å²) in [5.74, 6) is 0. The monoisotopic (exact) mass is 259 g/mol. The zero-order valence-corrected chi connectivity index (χ0v) is 11.5. The van der Waals surface area contributed by atoms with Crippen molar-refractivity contribution >= 4 is 11.6 Å². The largest absolute Gasteiger partial charge is 0.306 e. The zero-order chi connectivity index (χ0) is 13.0. The molecular formula is C16H18ClN. The Kier molecular flexibility index (Phi) is 4.40. The third-order valence-corrected chi connectivity index (χ3v) is 3.47. The third kappa shape index (κ3) is 3.34. The van der Waals surface area contributed by atoms with Crippen LogP contribution in [0.5, 0.6) is 0 Å². The summed E-state index contributed by atoms with van der Waals surface area (Å²) >= 11 is 6.14. The van der Waals surface area contributed by atoms with Gasteiger partial charge in [0.1, 0.15) is 0 Å². The number of aryl methyl sites for hydroxylation is 1. The second-order valence-electron chi connectivity index (χ2n) is 4.61.